The number of nitrogens with one attached hydrogen (secondary N) is 2. The minimum absolute atomic E-state index is 0.150. The second-order valence-corrected chi connectivity index (χ2v) is 9.65. The van der Waals surface area contributed by atoms with Crippen LogP contribution in [0.4, 0.5) is 17.1 Å². The fourth-order valence-corrected chi connectivity index (χ4v) is 4.70. The zero-order chi connectivity index (χ0) is 30.1. The molecule has 0 saturated heterocycles. The van der Waals surface area contributed by atoms with Crippen molar-refractivity contribution in [2.24, 2.45) is 7.05 Å². The largest absolute Gasteiger partial charge is 0.465 e. The number of hydrogen-bond donors (Lipinski definition) is 2. The van der Waals surface area contributed by atoms with E-state index in [-0.39, 0.29) is 38.8 Å². The van der Waals surface area contributed by atoms with Crippen molar-refractivity contribution in [1.29, 1.82) is 0 Å². The van der Waals surface area contributed by atoms with Crippen LogP contribution in [0.25, 0.3) is 5.69 Å². The maximum absolute atomic E-state index is 13.1. The van der Waals surface area contributed by atoms with Crippen LogP contribution in [-0.4, -0.2) is 40.2 Å². The third-order valence-electron chi connectivity index (χ3n) is 6.76. The molecule has 0 radical (unpaired) electrons. The minimum Gasteiger partial charge on any atom is -0.465 e. The van der Waals surface area contributed by atoms with Gasteiger partial charge in [0.1, 0.15) is 16.4 Å². The Hall–Kier alpha value is -5.42. The van der Waals surface area contributed by atoms with Crippen molar-refractivity contribution in [3.05, 3.63) is 117 Å². The molecule has 0 aliphatic carbocycles. The number of imide groups is 1. The van der Waals surface area contributed by atoms with E-state index in [1.807, 2.05) is 18.2 Å². The van der Waals surface area contributed by atoms with Gasteiger partial charge in [0.25, 0.3) is 23.3 Å². The van der Waals surface area contributed by atoms with E-state index in [9.17, 15) is 24.0 Å². The van der Waals surface area contributed by atoms with E-state index < -0.39 is 23.7 Å². The van der Waals surface area contributed by atoms with Gasteiger partial charge in [0.05, 0.1) is 29.7 Å². The number of aromatic nitrogens is 2. The number of carbonyl (C=O) groups is 4. The van der Waals surface area contributed by atoms with Gasteiger partial charge in [-0.3, -0.25) is 23.9 Å². The first kappa shape index (κ1) is 28.1. The van der Waals surface area contributed by atoms with Crippen LogP contribution in [0.5, 0.6) is 0 Å². The molecule has 0 bridgehead atoms. The van der Waals surface area contributed by atoms with Crippen LogP contribution in [0.1, 0.15) is 26.4 Å². The summed E-state index contributed by atoms with van der Waals surface area (Å²) in [5.74, 6) is -2.61. The number of rotatable bonds is 7. The average molecular weight is 586 g/mol. The Balaban J connectivity index is 1.32. The molecule has 0 fully saturated rings. The smallest absolute Gasteiger partial charge is 0.337 e. The predicted octanol–water partition coefficient (Wildman–Crippen LogP) is 3.96. The molecule has 0 spiro atoms. The van der Waals surface area contributed by atoms with Crippen molar-refractivity contribution in [2.75, 3.05) is 22.6 Å². The van der Waals surface area contributed by atoms with Crippen LogP contribution in [0.15, 0.2) is 94.4 Å². The molecule has 0 atom stereocenters. The molecule has 4 aromatic rings. The summed E-state index contributed by atoms with van der Waals surface area (Å²) in [5.41, 5.74) is 1.79. The third kappa shape index (κ3) is 4.97. The molecule has 212 valence electrons. The highest BCUT2D eigenvalue weighted by atomic mass is 35.5. The maximum atomic E-state index is 13.1. The van der Waals surface area contributed by atoms with Gasteiger partial charge in [-0.2, -0.15) is 0 Å². The highest BCUT2D eigenvalue weighted by Gasteiger charge is 2.39. The molecule has 11 nitrogen and oxygen atoms in total. The third-order valence-corrected chi connectivity index (χ3v) is 7.11. The molecule has 5 rings (SSSR count). The van der Waals surface area contributed by atoms with Gasteiger partial charge in [0.2, 0.25) is 0 Å². The van der Waals surface area contributed by atoms with Gasteiger partial charge in [-0.15, -0.1) is 0 Å². The predicted molar refractivity (Wildman–Crippen MR) is 157 cm³/mol. The number of ether oxygens (including phenoxy) is 1. The van der Waals surface area contributed by atoms with E-state index >= 15 is 0 Å². The van der Waals surface area contributed by atoms with Crippen LogP contribution in [0.3, 0.4) is 0 Å². The van der Waals surface area contributed by atoms with Crippen LogP contribution < -0.4 is 21.1 Å². The molecule has 1 aliphatic rings. The summed E-state index contributed by atoms with van der Waals surface area (Å²) in [4.78, 5) is 64.9. The van der Waals surface area contributed by atoms with Gasteiger partial charge in [-0.05, 0) is 61.5 Å². The first-order valence-corrected chi connectivity index (χ1v) is 13.0. The summed E-state index contributed by atoms with van der Waals surface area (Å²) in [6.45, 7) is 1.73. The molecule has 0 unspecified atom stereocenters. The second kappa shape index (κ2) is 11.2. The lowest BCUT2D eigenvalue weighted by Gasteiger charge is -2.16. The highest BCUT2D eigenvalue weighted by molar-refractivity contribution is 6.53. The van der Waals surface area contributed by atoms with Gasteiger partial charge in [0, 0.05) is 18.3 Å². The van der Waals surface area contributed by atoms with Crippen molar-refractivity contribution in [3.8, 4) is 5.69 Å². The zero-order valence-electron chi connectivity index (χ0n) is 22.7. The number of methoxy groups -OCH3 is 1. The van der Waals surface area contributed by atoms with E-state index in [4.69, 9.17) is 16.3 Å². The van der Waals surface area contributed by atoms with Crippen molar-refractivity contribution in [3.63, 3.8) is 0 Å². The fraction of sp³-hybridized carbons (Fsp3) is 0.100. The molecule has 2 N–H and O–H groups in total. The maximum Gasteiger partial charge on any atom is 0.337 e. The standard InChI is InChI=1S/C30H24ClN5O6/c1-17-24(29(40)36(34(17)2)21-9-5-4-6-10-21)33-26(37)18-12-14-20(15-13-18)32-25-23(31)27(38)35(28(25)39)22-11-7-8-19(16-22)30(41)42-3/h4-16,32H,1-3H3,(H,33,37). The number of anilines is 3. The quantitative estimate of drug-likeness (QED) is 0.248. The summed E-state index contributed by atoms with van der Waals surface area (Å²) in [7, 11) is 2.95. The fourth-order valence-electron chi connectivity index (χ4n) is 4.48. The molecular formula is C30H24ClN5O6. The number of amides is 3. The summed E-state index contributed by atoms with van der Waals surface area (Å²) in [6, 6.07) is 21.0. The molecule has 1 aliphatic heterocycles. The number of esters is 1. The monoisotopic (exact) mass is 585 g/mol. The summed E-state index contributed by atoms with van der Waals surface area (Å²) in [6.07, 6.45) is 0. The van der Waals surface area contributed by atoms with Gasteiger partial charge in [-0.1, -0.05) is 35.9 Å². The van der Waals surface area contributed by atoms with E-state index in [2.05, 4.69) is 10.6 Å². The Morgan fingerprint density at radius 2 is 1.50 bits per heavy atom. The molecule has 3 aromatic carbocycles. The van der Waals surface area contributed by atoms with Crippen molar-refractivity contribution in [2.45, 2.75) is 6.92 Å². The Bertz CT molecular complexity index is 1840. The molecule has 0 saturated carbocycles. The van der Waals surface area contributed by atoms with E-state index in [1.54, 1.807) is 30.8 Å². The number of benzene rings is 3. The average Bonchev–Trinajstić information content (AvgIpc) is 3.35. The normalized spacial score (nSPS) is 13.0. The van der Waals surface area contributed by atoms with E-state index in [0.717, 1.165) is 4.90 Å². The van der Waals surface area contributed by atoms with Crippen molar-refractivity contribution < 1.29 is 23.9 Å². The lowest BCUT2D eigenvalue weighted by molar-refractivity contribution is -0.120. The number of halogens is 1. The first-order valence-electron chi connectivity index (χ1n) is 12.6. The van der Waals surface area contributed by atoms with Gasteiger partial charge in [-0.25, -0.2) is 14.4 Å². The Kier molecular flexibility index (Phi) is 7.51. The van der Waals surface area contributed by atoms with Crippen molar-refractivity contribution >= 4 is 52.4 Å². The number of carbonyl (C=O) groups excluding carboxylic acids is 4. The van der Waals surface area contributed by atoms with Gasteiger partial charge in [0.15, 0.2) is 0 Å². The molecule has 42 heavy (non-hydrogen) atoms. The number of para-hydroxylation sites is 1. The Morgan fingerprint density at radius 3 is 2.17 bits per heavy atom. The van der Waals surface area contributed by atoms with Gasteiger partial charge >= 0.3 is 5.97 Å². The summed E-state index contributed by atoms with van der Waals surface area (Å²) < 4.78 is 7.82. The topological polar surface area (TPSA) is 132 Å². The van der Waals surface area contributed by atoms with Crippen LogP contribution in [0.2, 0.25) is 0 Å². The van der Waals surface area contributed by atoms with Gasteiger partial charge < -0.3 is 15.4 Å². The van der Waals surface area contributed by atoms with E-state index in [0.29, 0.717) is 17.1 Å². The number of nitrogens with zero attached hydrogens (tertiary/aromatic N) is 3. The van der Waals surface area contributed by atoms with Crippen LogP contribution in [-0.2, 0) is 21.4 Å². The van der Waals surface area contributed by atoms with E-state index in [1.165, 1.54) is 60.3 Å². The minimum atomic E-state index is -0.762. The highest BCUT2D eigenvalue weighted by Crippen LogP contribution is 2.31. The molecule has 3 amide bonds. The lowest BCUT2D eigenvalue weighted by atomic mass is 10.2. The van der Waals surface area contributed by atoms with Crippen molar-refractivity contribution in [1.82, 2.24) is 9.36 Å². The molecule has 12 heteroatoms. The molecular weight excluding hydrogens is 562 g/mol. The second-order valence-electron chi connectivity index (χ2n) is 9.27. The molecule has 2 heterocycles. The molecule has 1 aromatic heterocycles. The SMILES string of the molecule is COC(=O)c1cccc(N2C(=O)C(Cl)=C(Nc3ccc(C(=O)Nc4c(C)n(C)n(-c5ccccc5)c4=O)cc3)C2=O)c1. The summed E-state index contributed by atoms with van der Waals surface area (Å²) >= 11 is 6.22. The Morgan fingerprint density at radius 1 is 0.833 bits per heavy atom. The number of hydrogen-bond acceptors (Lipinski definition) is 7. The van der Waals surface area contributed by atoms with Crippen LogP contribution >= 0.6 is 11.6 Å². The van der Waals surface area contributed by atoms with Crippen LogP contribution in [0, 0.1) is 6.92 Å². The zero-order valence-corrected chi connectivity index (χ0v) is 23.4. The Labute approximate surface area is 244 Å². The lowest BCUT2D eigenvalue weighted by Crippen LogP contribution is -2.32. The first-order chi connectivity index (χ1) is 20.1. The summed E-state index contributed by atoms with van der Waals surface area (Å²) in [5, 5.41) is 5.20.